The van der Waals surface area contributed by atoms with Gasteiger partial charge in [-0.15, -0.1) is 0 Å². The molecule has 1 aromatic carbocycles. The molecule has 1 aromatic heterocycles. The molecule has 0 saturated carbocycles. The van der Waals surface area contributed by atoms with Gasteiger partial charge < -0.3 is 14.8 Å². The lowest BCUT2D eigenvalue weighted by molar-refractivity contribution is 0.363. The first-order chi connectivity index (χ1) is 9.24. The third-order valence-electron chi connectivity index (χ3n) is 2.74. The Morgan fingerprint density at radius 1 is 1.11 bits per heavy atom. The predicted octanol–water partition coefficient (Wildman–Crippen LogP) is 2.41. The lowest BCUT2D eigenvalue weighted by Gasteiger charge is -2.12. The van der Waals surface area contributed by atoms with E-state index in [1.54, 1.807) is 14.2 Å². The highest BCUT2D eigenvalue weighted by Crippen LogP contribution is 2.24. The topological polar surface area (TPSA) is 56.3 Å². The van der Waals surface area contributed by atoms with Crippen molar-refractivity contribution < 1.29 is 9.47 Å². The number of nitrogens with one attached hydrogen (secondary N) is 1. The van der Waals surface area contributed by atoms with Crippen molar-refractivity contribution in [2.24, 2.45) is 0 Å². The van der Waals surface area contributed by atoms with E-state index in [-0.39, 0.29) is 0 Å². The fourth-order valence-electron chi connectivity index (χ4n) is 1.83. The summed E-state index contributed by atoms with van der Waals surface area (Å²) in [5.41, 5.74) is 3.04. The van der Waals surface area contributed by atoms with Crippen molar-refractivity contribution in [2.75, 3.05) is 19.5 Å². The van der Waals surface area contributed by atoms with Crippen LogP contribution in [0.25, 0.3) is 0 Å². The second kappa shape index (κ2) is 6.04. The SMILES string of the molecule is COc1ncnc(OC)c1CNc1cccc(C)c1. The third-order valence-corrected chi connectivity index (χ3v) is 2.74. The molecule has 1 N–H and O–H groups in total. The summed E-state index contributed by atoms with van der Waals surface area (Å²) in [7, 11) is 3.16. The van der Waals surface area contributed by atoms with Crippen molar-refractivity contribution in [1.82, 2.24) is 9.97 Å². The summed E-state index contributed by atoms with van der Waals surface area (Å²) in [4.78, 5) is 8.16. The first kappa shape index (κ1) is 13.1. The molecule has 2 rings (SSSR count). The van der Waals surface area contributed by atoms with Gasteiger partial charge in [-0.2, -0.15) is 0 Å². The summed E-state index contributed by atoms with van der Waals surface area (Å²) in [5.74, 6) is 1.04. The maximum atomic E-state index is 5.23. The number of hydrogen-bond donors (Lipinski definition) is 1. The van der Waals surface area contributed by atoms with E-state index in [4.69, 9.17) is 9.47 Å². The average molecular weight is 259 g/mol. The zero-order chi connectivity index (χ0) is 13.7. The van der Waals surface area contributed by atoms with Crippen LogP contribution in [0.15, 0.2) is 30.6 Å². The van der Waals surface area contributed by atoms with E-state index >= 15 is 0 Å². The Labute approximate surface area is 112 Å². The minimum absolute atomic E-state index is 0.520. The van der Waals surface area contributed by atoms with Gasteiger partial charge in [-0.25, -0.2) is 9.97 Å². The van der Waals surface area contributed by atoms with Gasteiger partial charge in [-0.05, 0) is 24.6 Å². The van der Waals surface area contributed by atoms with Gasteiger partial charge in [0.25, 0.3) is 0 Å². The Hall–Kier alpha value is -2.30. The highest BCUT2D eigenvalue weighted by molar-refractivity contribution is 5.47. The highest BCUT2D eigenvalue weighted by Gasteiger charge is 2.12. The number of rotatable bonds is 5. The van der Waals surface area contributed by atoms with Crippen molar-refractivity contribution in [3.63, 3.8) is 0 Å². The highest BCUT2D eigenvalue weighted by atomic mass is 16.5. The second-order valence-electron chi connectivity index (χ2n) is 4.09. The minimum Gasteiger partial charge on any atom is -0.481 e. The molecule has 100 valence electrons. The molecule has 0 fully saturated rings. The summed E-state index contributed by atoms with van der Waals surface area (Å²) >= 11 is 0. The molecule has 0 radical (unpaired) electrons. The second-order valence-corrected chi connectivity index (χ2v) is 4.09. The molecule has 5 heteroatoms. The van der Waals surface area contributed by atoms with Gasteiger partial charge in [0.15, 0.2) is 0 Å². The van der Waals surface area contributed by atoms with E-state index in [0.29, 0.717) is 18.3 Å². The van der Waals surface area contributed by atoms with E-state index in [1.165, 1.54) is 11.9 Å². The fraction of sp³-hybridized carbons (Fsp3) is 0.286. The number of benzene rings is 1. The summed E-state index contributed by atoms with van der Waals surface area (Å²) < 4.78 is 10.5. The number of nitrogens with zero attached hydrogens (tertiary/aromatic N) is 2. The monoisotopic (exact) mass is 259 g/mol. The normalized spacial score (nSPS) is 10.1. The third kappa shape index (κ3) is 3.13. The Balaban J connectivity index is 2.19. The molecule has 0 amide bonds. The molecule has 19 heavy (non-hydrogen) atoms. The van der Waals surface area contributed by atoms with Gasteiger partial charge in [0.1, 0.15) is 6.33 Å². The zero-order valence-corrected chi connectivity index (χ0v) is 11.3. The molecule has 1 heterocycles. The van der Waals surface area contributed by atoms with E-state index in [2.05, 4.69) is 34.3 Å². The van der Waals surface area contributed by atoms with Crippen LogP contribution in [0, 0.1) is 6.92 Å². The smallest absolute Gasteiger partial charge is 0.225 e. The zero-order valence-electron chi connectivity index (χ0n) is 11.3. The van der Waals surface area contributed by atoms with Crippen LogP contribution >= 0.6 is 0 Å². The molecule has 0 unspecified atom stereocenters. The summed E-state index contributed by atoms with van der Waals surface area (Å²) in [5, 5.41) is 3.31. The molecule has 0 aliphatic heterocycles. The van der Waals surface area contributed by atoms with Gasteiger partial charge in [-0.3, -0.25) is 0 Å². The largest absolute Gasteiger partial charge is 0.481 e. The Morgan fingerprint density at radius 3 is 2.37 bits per heavy atom. The van der Waals surface area contributed by atoms with Crippen molar-refractivity contribution >= 4 is 5.69 Å². The van der Waals surface area contributed by atoms with Crippen LogP contribution < -0.4 is 14.8 Å². The van der Waals surface area contributed by atoms with Crippen LogP contribution in [-0.4, -0.2) is 24.2 Å². The van der Waals surface area contributed by atoms with Crippen LogP contribution in [0.2, 0.25) is 0 Å². The van der Waals surface area contributed by atoms with E-state index in [1.807, 2.05) is 12.1 Å². The standard InChI is InChI=1S/C14H17N3O2/c1-10-5-4-6-11(7-10)15-8-12-13(18-2)16-9-17-14(12)19-3/h4-7,9,15H,8H2,1-3H3. The first-order valence-corrected chi connectivity index (χ1v) is 5.97. The van der Waals surface area contributed by atoms with E-state index in [0.717, 1.165) is 11.3 Å². The number of methoxy groups -OCH3 is 2. The van der Waals surface area contributed by atoms with Crippen LogP contribution in [0.1, 0.15) is 11.1 Å². The number of aromatic nitrogens is 2. The molecular formula is C14H17N3O2. The lowest BCUT2D eigenvalue weighted by Crippen LogP contribution is -2.06. The maximum Gasteiger partial charge on any atom is 0.225 e. The van der Waals surface area contributed by atoms with Crippen LogP contribution in [0.3, 0.4) is 0 Å². The minimum atomic E-state index is 0.520. The molecule has 0 aliphatic carbocycles. The summed E-state index contributed by atoms with van der Waals surface area (Å²) in [6.07, 6.45) is 1.42. The predicted molar refractivity (Wildman–Crippen MR) is 73.6 cm³/mol. The molecule has 0 bridgehead atoms. The van der Waals surface area contributed by atoms with Crippen molar-refractivity contribution in [3.8, 4) is 11.8 Å². The van der Waals surface area contributed by atoms with Gasteiger partial charge in [-0.1, -0.05) is 12.1 Å². The molecule has 0 atom stereocenters. The van der Waals surface area contributed by atoms with Gasteiger partial charge in [0.05, 0.1) is 26.3 Å². The molecule has 0 saturated heterocycles. The lowest BCUT2D eigenvalue weighted by atomic mass is 10.2. The fourth-order valence-corrected chi connectivity index (χ4v) is 1.83. The van der Waals surface area contributed by atoms with Crippen molar-refractivity contribution in [2.45, 2.75) is 13.5 Å². The Kier molecular flexibility index (Phi) is 4.18. The first-order valence-electron chi connectivity index (χ1n) is 5.97. The number of hydrogen-bond acceptors (Lipinski definition) is 5. The molecule has 0 aliphatic rings. The van der Waals surface area contributed by atoms with E-state index < -0.39 is 0 Å². The van der Waals surface area contributed by atoms with Gasteiger partial charge in [0, 0.05) is 5.69 Å². The van der Waals surface area contributed by atoms with Crippen molar-refractivity contribution in [3.05, 3.63) is 41.7 Å². The van der Waals surface area contributed by atoms with Gasteiger partial charge in [0.2, 0.25) is 11.8 Å². The Morgan fingerprint density at radius 2 is 1.79 bits per heavy atom. The van der Waals surface area contributed by atoms with E-state index in [9.17, 15) is 0 Å². The summed E-state index contributed by atoms with van der Waals surface area (Å²) in [6, 6.07) is 8.14. The summed E-state index contributed by atoms with van der Waals surface area (Å²) in [6.45, 7) is 2.59. The maximum absolute atomic E-state index is 5.23. The van der Waals surface area contributed by atoms with Crippen molar-refractivity contribution in [1.29, 1.82) is 0 Å². The number of ether oxygens (including phenoxy) is 2. The molecule has 0 spiro atoms. The molecular weight excluding hydrogens is 242 g/mol. The average Bonchev–Trinajstić information content (AvgIpc) is 2.44. The van der Waals surface area contributed by atoms with Crippen LogP contribution in [-0.2, 0) is 6.54 Å². The molecule has 2 aromatic rings. The van der Waals surface area contributed by atoms with Crippen LogP contribution in [0.4, 0.5) is 5.69 Å². The Bertz CT molecular complexity index is 536. The number of anilines is 1. The molecule has 5 nitrogen and oxygen atoms in total. The quantitative estimate of drug-likeness (QED) is 0.893. The van der Waals surface area contributed by atoms with Gasteiger partial charge >= 0.3 is 0 Å². The van der Waals surface area contributed by atoms with Crippen LogP contribution in [0.5, 0.6) is 11.8 Å². The number of aryl methyl sites for hydroxylation is 1.